The van der Waals surface area contributed by atoms with E-state index in [1.807, 2.05) is 14.1 Å². The molecule has 3 atom stereocenters. The van der Waals surface area contributed by atoms with Crippen molar-refractivity contribution in [2.24, 2.45) is 5.92 Å². The average molecular weight is 497 g/mol. The van der Waals surface area contributed by atoms with Crippen molar-refractivity contribution in [2.45, 2.75) is 50.2 Å². The predicted octanol–water partition coefficient (Wildman–Crippen LogP) is 4.61. The average Bonchev–Trinajstić information content (AvgIpc) is 3.44. The van der Waals surface area contributed by atoms with Crippen LogP contribution in [0, 0.1) is 5.92 Å². The Bertz CT molecular complexity index is 1250. The van der Waals surface area contributed by atoms with Gasteiger partial charge in [0.15, 0.2) is 5.16 Å². The Balaban J connectivity index is 1.33. The van der Waals surface area contributed by atoms with Gasteiger partial charge in [-0.1, -0.05) is 36.9 Å². The van der Waals surface area contributed by atoms with E-state index in [-0.39, 0.29) is 17.9 Å². The molecule has 3 aromatic rings. The second-order valence-corrected chi connectivity index (χ2v) is 11.5. The van der Waals surface area contributed by atoms with Gasteiger partial charge in [0.2, 0.25) is 0 Å². The Kier molecular flexibility index (Phi) is 6.84. The summed E-state index contributed by atoms with van der Waals surface area (Å²) in [6, 6.07) is 8.44. The van der Waals surface area contributed by atoms with E-state index >= 15 is 0 Å². The molecule has 0 saturated carbocycles. The predicted molar refractivity (Wildman–Crippen MR) is 142 cm³/mol. The molecule has 0 radical (unpaired) electrons. The molecule has 0 spiro atoms. The van der Waals surface area contributed by atoms with Crippen molar-refractivity contribution in [3.05, 3.63) is 63.3 Å². The molecule has 180 valence electrons. The van der Waals surface area contributed by atoms with Crippen LogP contribution < -0.4 is 15.8 Å². The zero-order chi connectivity index (χ0) is 23.8. The molecular formula is C26H32N4O2S2. The Morgan fingerprint density at radius 3 is 2.88 bits per heavy atom. The number of ether oxygens (including phenoxy) is 1. The lowest BCUT2D eigenvalue weighted by Gasteiger charge is -2.18. The monoisotopic (exact) mass is 496 g/mol. The van der Waals surface area contributed by atoms with Gasteiger partial charge in [0.05, 0.1) is 11.5 Å². The number of rotatable bonds is 7. The van der Waals surface area contributed by atoms with Crippen LogP contribution in [-0.4, -0.2) is 42.0 Å². The highest BCUT2D eigenvalue weighted by Gasteiger charge is 2.28. The number of hydrogen-bond donors (Lipinski definition) is 1. The highest BCUT2D eigenvalue weighted by atomic mass is 32.2. The molecule has 8 heteroatoms. The normalized spacial score (nSPS) is 22.1. The van der Waals surface area contributed by atoms with Crippen molar-refractivity contribution in [2.75, 3.05) is 31.3 Å². The minimum atomic E-state index is -0.112. The Labute approximate surface area is 209 Å². The molecule has 3 heterocycles. The number of allylic oxidation sites excluding steroid dienone is 1. The zero-order valence-electron chi connectivity index (χ0n) is 20.0. The van der Waals surface area contributed by atoms with Crippen LogP contribution in [0.15, 0.2) is 46.9 Å². The Morgan fingerprint density at radius 2 is 2.15 bits per heavy atom. The van der Waals surface area contributed by atoms with E-state index < -0.39 is 0 Å². The Morgan fingerprint density at radius 1 is 1.35 bits per heavy atom. The first kappa shape index (κ1) is 23.6. The maximum Gasteiger partial charge on any atom is 0.263 e. The third-order valence-electron chi connectivity index (χ3n) is 6.66. The van der Waals surface area contributed by atoms with Crippen molar-refractivity contribution in [1.29, 1.82) is 0 Å². The van der Waals surface area contributed by atoms with E-state index in [0.717, 1.165) is 52.5 Å². The molecule has 0 unspecified atom stereocenters. The van der Waals surface area contributed by atoms with E-state index in [1.54, 1.807) is 33.7 Å². The number of nitrogens with one attached hydrogen (secondary N) is 1. The van der Waals surface area contributed by atoms with Crippen molar-refractivity contribution in [1.82, 2.24) is 14.9 Å². The fourth-order valence-electron chi connectivity index (χ4n) is 4.74. The van der Waals surface area contributed by atoms with E-state index in [2.05, 4.69) is 48.0 Å². The highest BCUT2D eigenvalue weighted by Crippen LogP contribution is 2.37. The van der Waals surface area contributed by atoms with Crippen LogP contribution in [0.5, 0.6) is 0 Å². The zero-order valence-corrected chi connectivity index (χ0v) is 21.7. The third kappa shape index (κ3) is 4.56. The van der Waals surface area contributed by atoms with Crippen molar-refractivity contribution in [3.63, 3.8) is 0 Å². The summed E-state index contributed by atoms with van der Waals surface area (Å²) in [6.45, 7) is 7.40. The molecule has 0 amide bonds. The molecular weight excluding hydrogens is 464 g/mol. The minimum Gasteiger partial charge on any atom is -0.378 e. The molecule has 6 nitrogen and oxygen atoms in total. The number of anilines is 1. The van der Waals surface area contributed by atoms with Gasteiger partial charge >= 0.3 is 0 Å². The number of thioether (sulfide) groups is 1. The first-order chi connectivity index (χ1) is 16.4. The largest absolute Gasteiger partial charge is 0.378 e. The first-order valence-corrected chi connectivity index (χ1v) is 13.7. The lowest BCUT2D eigenvalue weighted by molar-refractivity contribution is 0.0534. The van der Waals surface area contributed by atoms with E-state index in [4.69, 9.17) is 9.72 Å². The fourth-order valence-corrected chi connectivity index (χ4v) is 7.17. The molecule has 5 rings (SSSR count). The molecule has 2 aromatic heterocycles. The van der Waals surface area contributed by atoms with Gasteiger partial charge in [0.1, 0.15) is 11.1 Å². The van der Waals surface area contributed by atoms with Gasteiger partial charge in [0.25, 0.3) is 5.56 Å². The van der Waals surface area contributed by atoms with Crippen LogP contribution in [0.1, 0.15) is 35.6 Å². The summed E-state index contributed by atoms with van der Waals surface area (Å²) >= 11 is 3.31. The maximum atomic E-state index is 13.5. The molecule has 0 bridgehead atoms. The maximum absolute atomic E-state index is 13.5. The van der Waals surface area contributed by atoms with Crippen molar-refractivity contribution >= 4 is 39.0 Å². The van der Waals surface area contributed by atoms with E-state index in [1.165, 1.54) is 16.1 Å². The number of fused-ring (bicyclic) bond motifs is 3. The number of benzene rings is 1. The number of aryl methyl sites for hydroxylation is 1. The van der Waals surface area contributed by atoms with Gasteiger partial charge in [-0.05, 0) is 48.4 Å². The number of nitrogens with zero attached hydrogens (tertiary/aromatic N) is 3. The van der Waals surface area contributed by atoms with Crippen molar-refractivity contribution < 1.29 is 4.74 Å². The van der Waals surface area contributed by atoms with Gasteiger partial charge in [0, 0.05) is 43.5 Å². The molecule has 1 fully saturated rings. The second kappa shape index (κ2) is 9.85. The van der Waals surface area contributed by atoms with Gasteiger partial charge < -0.3 is 9.64 Å². The molecule has 34 heavy (non-hydrogen) atoms. The summed E-state index contributed by atoms with van der Waals surface area (Å²) in [4.78, 5) is 22.8. The summed E-state index contributed by atoms with van der Waals surface area (Å²) in [6.07, 6.45) is 4.89. The van der Waals surface area contributed by atoms with Crippen molar-refractivity contribution in [3.8, 4) is 0 Å². The van der Waals surface area contributed by atoms with Crippen LogP contribution >= 0.6 is 23.1 Å². The highest BCUT2D eigenvalue weighted by molar-refractivity contribution is 7.99. The summed E-state index contributed by atoms with van der Waals surface area (Å²) in [5.41, 5.74) is 3.60. The molecule has 1 N–H and O–H groups in total. The summed E-state index contributed by atoms with van der Waals surface area (Å²) in [7, 11) is 4.08. The number of hydrogen-bond acceptors (Lipinski definition) is 7. The van der Waals surface area contributed by atoms with Gasteiger partial charge in [-0.3, -0.25) is 14.7 Å². The van der Waals surface area contributed by atoms with Gasteiger partial charge in [-0.25, -0.2) is 4.98 Å². The molecule has 2 aliphatic rings. The molecule has 1 aliphatic carbocycles. The molecule has 1 aliphatic heterocycles. The van der Waals surface area contributed by atoms with Gasteiger partial charge in [-0.2, -0.15) is 0 Å². The minimum absolute atomic E-state index is 0.0469. The summed E-state index contributed by atoms with van der Waals surface area (Å²) in [5.74, 6) is 1.40. The molecule has 1 saturated heterocycles. The summed E-state index contributed by atoms with van der Waals surface area (Å²) in [5, 5.41) is 5.06. The van der Waals surface area contributed by atoms with Crippen LogP contribution in [0.4, 0.5) is 5.69 Å². The van der Waals surface area contributed by atoms with Gasteiger partial charge in [-0.15, -0.1) is 17.9 Å². The number of thiophene rings is 1. The van der Waals surface area contributed by atoms with Crippen LogP contribution in [0.2, 0.25) is 0 Å². The fraction of sp³-hybridized carbons (Fsp3) is 0.462. The third-order valence-corrected chi connectivity index (χ3v) is 8.92. The van der Waals surface area contributed by atoms with E-state index in [0.29, 0.717) is 12.5 Å². The summed E-state index contributed by atoms with van der Waals surface area (Å²) < 4.78 is 8.07. The molecule has 1 aromatic carbocycles. The quantitative estimate of drug-likeness (QED) is 0.293. The lowest BCUT2D eigenvalue weighted by atomic mass is 9.89. The lowest BCUT2D eigenvalue weighted by Crippen LogP contribution is -2.24. The topological polar surface area (TPSA) is 59.4 Å². The standard InChI is InChI=1S/C26H32N4O2S2/c1-5-12-30-25(31)22-20-11-6-16(2)13-21(20)34-24(22)28-26(30)33-15-19-14-27-23(32-19)17-7-9-18(10-8-17)29(3)4/h5,7-10,16,19,23,27H,1,6,11-15H2,2-4H3/t16-,19+,23+/m1/s1. The second-order valence-electron chi connectivity index (χ2n) is 9.47. The smallest absolute Gasteiger partial charge is 0.263 e. The van der Waals surface area contributed by atoms with Crippen LogP contribution in [-0.2, 0) is 24.1 Å². The SMILES string of the molecule is C=CCn1c(SC[C@@H]2CN[C@H](c3ccc(N(C)C)cc3)O2)nc2sc3c(c2c1=O)CC[C@@H](C)C3. The Hall–Kier alpha value is -2.13. The van der Waals surface area contributed by atoms with Crippen LogP contribution in [0.25, 0.3) is 10.2 Å². The van der Waals surface area contributed by atoms with Crippen LogP contribution in [0.3, 0.4) is 0 Å². The van der Waals surface area contributed by atoms with E-state index in [9.17, 15) is 4.79 Å². The first-order valence-electron chi connectivity index (χ1n) is 11.9. The number of aromatic nitrogens is 2.